The summed E-state index contributed by atoms with van der Waals surface area (Å²) in [5, 5.41) is 3.61. The molecule has 0 amide bonds. The molecule has 1 N–H and O–H groups in total. The van der Waals surface area contributed by atoms with Crippen molar-refractivity contribution in [1.82, 2.24) is 5.32 Å². The number of hydrogen-bond donors (Lipinski definition) is 1. The van der Waals surface area contributed by atoms with Gasteiger partial charge in [-0.1, -0.05) is 42.3 Å². The first-order valence-corrected chi connectivity index (χ1v) is 8.14. The molecule has 1 rings (SSSR count). The lowest BCUT2D eigenvalue weighted by atomic mass is 10.0. The first-order chi connectivity index (χ1) is 9.17. The predicted molar refractivity (Wildman–Crippen MR) is 84.0 cm³/mol. The van der Waals surface area contributed by atoms with Crippen molar-refractivity contribution >= 4 is 15.9 Å². The van der Waals surface area contributed by atoms with Crippen molar-refractivity contribution in [3.8, 4) is 0 Å². The van der Waals surface area contributed by atoms with Gasteiger partial charge in [0.2, 0.25) is 0 Å². The van der Waals surface area contributed by atoms with Crippen molar-refractivity contribution in [3.63, 3.8) is 0 Å². The molecule has 19 heavy (non-hydrogen) atoms. The molecule has 0 spiro atoms. The summed E-state index contributed by atoms with van der Waals surface area (Å²) < 4.78 is 13.9. The SMILES string of the molecule is CCCNC(CCC)CCCc1ccc(F)cc1Br. The first-order valence-electron chi connectivity index (χ1n) is 7.34. The molecule has 1 nitrogen and oxygen atoms in total. The van der Waals surface area contributed by atoms with Crippen molar-refractivity contribution < 1.29 is 4.39 Å². The smallest absolute Gasteiger partial charge is 0.124 e. The summed E-state index contributed by atoms with van der Waals surface area (Å²) in [4.78, 5) is 0. The van der Waals surface area contributed by atoms with Crippen LogP contribution in [0.15, 0.2) is 22.7 Å². The van der Waals surface area contributed by atoms with Crippen LogP contribution in [0.3, 0.4) is 0 Å². The zero-order valence-electron chi connectivity index (χ0n) is 12.0. The Kier molecular flexibility index (Phi) is 8.31. The normalized spacial score (nSPS) is 12.6. The van der Waals surface area contributed by atoms with Crippen LogP contribution in [-0.2, 0) is 6.42 Å². The van der Waals surface area contributed by atoms with E-state index in [-0.39, 0.29) is 5.82 Å². The van der Waals surface area contributed by atoms with Gasteiger partial charge in [0.1, 0.15) is 5.82 Å². The van der Waals surface area contributed by atoms with Crippen molar-refractivity contribution in [1.29, 1.82) is 0 Å². The molecular formula is C16H25BrFN. The summed E-state index contributed by atoms with van der Waals surface area (Å²) in [7, 11) is 0. The van der Waals surface area contributed by atoms with E-state index in [1.165, 1.54) is 31.2 Å². The fraction of sp³-hybridized carbons (Fsp3) is 0.625. The van der Waals surface area contributed by atoms with E-state index < -0.39 is 0 Å². The number of nitrogens with one attached hydrogen (secondary N) is 1. The second-order valence-electron chi connectivity index (χ2n) is 5.07. The molecule has 0 bridgehead atoms. The molecule has 0 aromatic heterocycles. The molecule has 0 aliphatic rings. The Hall–Kier alpha value is -0.410. The summed E-state index contributed by atoms with van der Waals surface area (Å²) in [6.07, 6.45) is 6.99. The second-order valence-corrected chi connectivity index (χ2v) is 5.92. The van der Waals surface area contributed by atoms with Crippen molar-refractivity contribution in [2.45, 2.75) is 58.4 Å². The minimum Gasteiger partial charge on any atom is -0.314 e. The van der Waals surface area contributed by atoms with Gasteiger partial charge in [0.25, 0.3) is 0 Å². The van der Waals surface area contributed by atoms with Gasteiger partial charge in [0.15, 0.2) is 0 Å². The van der Waals surface area contributed by atoms with Crippen molar-refractivity contribution in [3.05, 3.63) is 34.1 Å². The molecule has 1 unspecified atom stereocenters. The lowest BCUT2D eigenvalue weighted by Gasteiger charge is -2.17. The van der Waals surface area contributed by atoms with Gasteiger partial charge in [-0.05, 0) is 56.3 Å². The average molecular weight is 330 g/mol. The average Bonchev–Trinajstić information content (AvgIpc) is 2.38. The maximum Gasteiger partial charge on any atom is 0.124 e. The van der Waals surface area contributed by atoms with Crippen LogP contribution in [0.1, 0.15) is 51.5 Å². The summed E-state index contributed by atoms with van der Waals surface area (Å²) in [6.45, 7) is 5.54. The van der Waals surface area contributed by atoms with Crippen LogP contribution in [0.2, 0.25) is 0 Å². The van der Waals surface area contributed by atoms with Crippen LogP contribution < -0.4 is 5.32 Å². The molecule has 1 aromatic carbocycles. The van der Waals surface area contributed by atoms with Crippen LogP contribution in [0.25, 0.3) is 0 Å². The number of hydrogen-bond acceptors (Lipinski definition) is 1. The van der Waals surface area contributed by atoms with Crippen LogP contribution in [0, 0.1) is 5.82 Å². The largest absolute Gasteiger partial charge is 0.314 e. The Morgan fingerprint density at radius 1 is 1.21 bits per heavy atom. The molecule has 0 aliphatic carbocycles. The summed E-state index contributed by atoms with van der Waals surface area (Å²) in [5.74, 6) is -0.177. The van der Waals surface area contributed by atoms with Gasteiger partial charge in [-0.25, -0.2) is 4.39 Å². The maximum atomic E-state index is 13.0. The van der Waals surface area contributed by atoms with Gasteiger partial charge in [-0.2, -0.15) is 0 Å². The second kappa shape index (κ2) is 9.49. The van der Waals surface area contributed by atoms with Crippen LogP contribution in [0.5, 0.6) is 0 Å². The van der Waals surface area contributed by atoms with Gasteiger partial charge in [-0.3, -0.25) is 0 Å². The highest BCUT2D eigenvalue weighted by Gasteiger charge is 2.07. The molecule has 0 saturated carbocycles. The third-order valence-electron chi connectivity index (χ3n) is 3.33. The number of aryl methyl sites for hydroxylation is 1. The summed E-state index contributed by atoms with van der Waals surface area (Å²) >= 11 is 3.43. The molecule has 3 heteroatoms. The Labute approximate surface area is 125 Å². The molecular weight excluding hydrogens is 305 g/mol. The maximum absolute atomic E-state index is 13.0. The van der Waals surface area contributed by atoms with Gasteiger partial charge >= 0.3 is 0 Å². The van der Waals surface area contributed by atoms with E-state index in [1.54, 1.807) is 12.1 Å². The minimum atomic E-state index is -0.177. The molecule has 0 radical (unpaired) electrons. The quantitative estimate of drug-likeness (QED) is 0.666. The molecule has 0 aliphatic heterocycles. The molecule has 0 fully saturated rings. The van der Waals surface area contributed by atoms with Crippen LogP contribution >= 0.6 is 15.9 Å². The van der Waals surface area contributed by atoms with Crippen LogP contribution in [0.4, 0.5) is 4.39 Å². The number of rotatable bonds is 9. The number of halogens is 2. The predicted octanol–water partition coefficient (Wildman–Crippen LogP) is 5.08. The van der Waals surface area contributed by atoms with Gasteiger partial charge in [-0.15, -0.1) is 0 Å². The lowest BCUT2D eigenvalue weighted by Crippen LogP contribution is -2.29. The van der Waals surface area contributed by atoms with E-state index in [4.69, 9.17) is 0 Å². The standard InChI is InChI=1S/C16H25BrFN/c1-3-6-15(19-11-4-2)8-5-7-13-9-10-14(18)12-16(13)17/h9-10,12,15,19H,3-8,11H2,1-2H3. The Morgan fingerprint density at radius 2 is 2.00 bits per heavy atom. The topological polar surface area (TPSA) is 12.0 Å². The van der Waals surface area contributed by atoms with Crippen molar-refractivity contribution in [2.75, 3.05) is 6.54 Å². The van der Waals surface area contributed by atoms with Gasteiger partial charge in [0, 0.05) is 10.5 Å². The highest BCUT2D eigenvalue weighted by atomic mass is 79.9. The highest BCUT2D eigenvalue weighted by Crippen LogP contribution is 2.20. The van der Waals surface area contributed by atoms with Gasteiger partial charge < -0.3 is 5.32 Å². The Balaban J connectivity index is 2.38. The highest BCUT2D eigenvalue weighted by molar-refractivity contribution is 9.10. The zero-order valence-corrected chi connectivity index (χ0v) is 13.6. The molecule has 1 aromatic rings. The third kappa shape index (κ3) is 6.53. The van der Waals surface area contributed by atoms with Gasteiger partial charge in [0.05, 0.1) is 0 Å². The van der Waals surface area contributed by atoms with E-state index in [0.29, 0.717) is 6.04 Å². The minimum absolute atomic E-state index is 0.177. The molecule has 0 heterocycles. The lowest BCUT2D eigenvalue weighted by molar-refractivity contribution is 0.437. The Morgan fingerprint density at radius 3 is 2.63 bits per heavy atom. The summed E-state index contributed by atoms with van der Waals surface area (Å²) in [6, 6.07) is 5.60. The third-order valence-corrected chi connectivity index (χ3v) is 4.07. The zero-order chi connectivity index (χ0) is 14.1. The van der Waals surface area contributed by atoms with E-state index in [9.17, 15) is 4.39 Å². The van der Waals surface area contributed by atoms with Crippen molar-refractivity contribution in [2.24, 2.45) is 0 Å². The fourth-order valence-electron chi connectivity index (χ4n) is 2.31. The molecule has 108 valence electrons. The van der Waals surface area contributed by atoms with E-state index in [0.717, 1.165) is 23.9 Å². The van der Waals surface area contributed by atoms with E-state index >= 15 is 0 Å². The monoisotopic (exact) mass is 329 g/mol. The van der Waals surface area contributed by atoms with Crippen LogP contribution in [-0.4, -0.2) is 12.6 Å². The summed E-state index contributed by atoms with van der Waals surface area (Å²) in [5.41, 5.74) is 1.20. The van der Waals surface area contributed by atoms with E-state index in [2.05, 4.69) is 35.1 Å². The van der Waals surface area contributed by atoms with E-state index in [1.807, 2.05) is 6.07 Å². The molecule has 0 saturated heterocycles. The number of benzene rings is 1. The Bertz CT molecular complexity index is 368. The first kappa shape index (κ1) is 16.6. The molecule has 1 atom stereocenters. The fourth-order valence-corrected chi connectivity index (χ4v) is 2.86.